The Morgan fingerprint density at radius 3 is 2.54 bits per heavy atom. The number of amides is 1. The van der Waals surface area contributed by atoms with Crippen LogP contribution in [0, 0.1) is 20.8 Å². The Morgan fingerprint density at radius 1 is 1.38 bits per heavy atom. The van der Waals surface area contributed by atoms with Gasteiger partial charge in [0.25, 0.3) is 5.91 Å². The summed E-state index contributed by atoms with van der Waals surface area (Å²) in [5.74, 6) is -0.434. The standard InChI is InChI=1S/C16H21N3O5/c1-9-6-12(11(3)19(9)13-7-10(2)24-18-13)14(20)17-16(4,8-23-5)15(21)22/h6-7H,8H2,1-5H3,(H,17,20)(H,21,22). The highest BCUT2D eigenvalue weighted by molar-refractivity contribution is 5.99. The van der Waals surface area contributed by atoms with Gasteiger partial charge in [-0.3, -0.25) is 9.36 Å². The van der Waals surface area contributed by atoms with Gasteiger partial charge >= 0.3 is 5.97 Å². The molecule has 2 rings (SSSR count). The van der Waals surface area contributed by atoms with E-state index in [4.69, 9.17) is 9.26 Å². The molecule has 24 heavy (non-hydrogen) atoms. The number of aromatic nitrogens is 2. The summed E-state index contributed by atoms with van der Waals surface area (Å²) in [7, 11) is 1.38. The molecule has 0 radical (unpaired) electrons. The molecule has 2 aromatic heterocycles. The van der Waals surface area contributed by atoms with Crippen LogP contribution in [0.2, 0.25) is 0 Å². The van der Waals surface area contributed by atoms with E-state index in [-0.39, 0.29) is 6.61 Å². The topological polar surface area (TPSA) is 107 Å². The minimum atomic E-state index is -1.52. The maximum atomic E-state index is 12.6. The van der Waals surface area contributed by atoms with Gasteiger partial charge in [0.2, 0.25) is 0 Å². The molecular weight excluding hydrogens is 314 g/mol. The molecule has 1 atom stereocenters. The van der Waals surface area contributed by atoms with Gasteiger partial charge in [-0.25, -0.2) is 4.79 Å². The molecule has 0 fully saturated rings. The second-order valence-corrected chi connectivity index (χ2v) is 5.94. The van der Waals surface area contributed by atoms with Crippen LogP contribution >= 0.6 is 0 Å². The van der Waals surface area contributed by atoms with Crippen LogP contribution in [0.25, 0.3) is 5.82 Å². The van der Waals surface area contributed by atoms with Gasteiger partial charge in [-0.05, 0) is 33.8 Å². The van der Waals surface area contributed by atoms with Crippen LogP contribution in [0.15, 0.2) is 16.7 Å². The molecule has 0 aromatic carbocycles. The van der Waals surface area contributed by atoms with E-state index in [9.17, 15) is 14.7 Å². The van der Waals surface area contributed by atoms with Gasteiger partial charge in [0.05, 0.1) is 12.2 Å². The van der Waals surface area contributed by atoms with Crippen LogP contribution in [0.3, 0.4) is 0 Å². The van der Waals surface area contributed by atoms with Gasteiger partial charge in [0.1, 0.15) is 5.76 Å². The molecule has 0 bridgehead atoms. The van der Waals surface area contributed by atoms with Crippen molar-refractivity contribution in [2.45, 2.75) is 33.2 Å². The van der Waals surface area contributed by atoms with E-state index in [0.717, 1.165) is 5.69 Å². The molecular formula is C16H21N3O5. The maximum Gasteiger partial charge on any atom is 0.331 e. The number of hydrogen-bond donors (Lipinski definition) is 2. The third-order valence-corrected chi connectivity index (χ3v) is 3.81. The van der Waals surface area contributed by atoms with E-state index in [2.05, 4.69) is 10.5 Å². The summed E-state index contributed by atoms with van der Waals surface area (Å²) in [5.41, 5.74) is 0.286. The first-order valence-corrected chi connectivity index (χ1v) is 7.37. The van der Waals surface area contributed by atoms with Crippen LogP contribution in [0.4, 0.5) is 0 Å². The normalized spacial score (nSPS) is 13.5. The Balaban J connectivity index is 2.36. The van der Waals surface area contributed by atoms with E-state index in [1.165, 1.54) is 14.0 Å². The van der Waals surface area contributed by atoms with Crippen molar-refractivity contribution in [3.8, 4) is 5.82 Å². The summed E-state index contributed by atoms with van der Waals surface area (Å²) in [6, 6.07) is 3.44. The molecule has 2 aromatic rings. The van der Waals surface area contributed by atoms with E-state index in [0.29, 0.717) is 22.8 Å². The van der Waals surface area contributed by atoms with E-state index < -0.39 is 17.4 Å². The number of carbonyl (C=O) groups is 2. The van der Waals surface area contributed by atoms with Gasteiger partial charge in [0, 0.05) is 24.6 Å². The van der Waals surface area contributed by atoms with Gasteiger partial charge < -0.3 is 19.7 Å². The quantitative estimate of drug-likeness (QED) is 0.830. The first kappa shape index (κ1) is 17.7. The predicted octanol–water partition coefficient (Wildman–Crippen LogP) is 1.61. The fourth-order valence-corrected chi connectivity index (χ4v) is 2.56. The van der Waals surface area contributed by atoms with Crippen LogP contribution in [-0.4, -0.2) is 46.0 Å². The maximum absolute atomic E-state index is 12.6. The number of aryl methyl sites for hydroxylation is 2. The smallest absolute Gasteiger partial charge is 0.331 e. The van der Waals surface area contributed by atoms with E-state index >= 15 is 0 Å². The average Bonchev–Trinajstić information content (AvgIpc) is 3.02. The lowest BCUT2D eigenvalue weighted by atomic mass is 10.0. The van der Waals surface area contributed by atoms with Gasteiger partial charge in [0.15, 0.2) is 11.4 Å². The Morgan fingerprint density at radius 2 is 2.04 bits per heavy atom. The summed E-state index contributed by atoms with van der Waals surface area (Å²) >= 11 is 0. The fourth-order valence-electron chi connectivity index (χ4n) is 2.56. The van der Waals surface area contributed by atoms with Crippen molar-refractivity contribution in [3.63, 3.8) is 0 Å². The Kier molecular flexibility index (Phi) is 4.79. The highest BCUT2D eigenvalue weighted by atomic mass is 16.5. The first-order valence-electron chi connectivity index (χ1n) is 7.37. The third-order valence-electron chi connectivity index (χ3n) is 3.81. The predicted molar refractivity (Wildman–Crippen MR) is 85.4 cm³/mol. The van der Waals surface area contributed by atoms with E-state index in [1.54, 1.807) is 30.5 Å². The zero-order valence-electron chi connectivity index (χ0n) is 14.3. The van der Waals surface area contributed by atoms with Crippen LogP contribution in [0.1, 0.15) is 34.4 Å². The lowest BCUT2D eigenvalue weighted by Crippen LogP contribution is -2.55. The summed E-state index contributed by atoms with van der Waals surface area (Å²) in [4.78, 5) is 24.0. The highest BCUT2D eigenvalue weighted by Crippen LogP contribution is 2.21. The monoisotopic (exact) mass is 335 g/mol. The number of ether oxygens (including phenoxy) is 1. The number of nitrogens with zero attached hydrogens (tertiary/aromatic N) is 2. The molecule has 1 unspecified atom stereocenters. The number of hydrogen-bond acceptors (Lipinski definition) is 5. The molecule has 0 aliphatic carbocycles. The van der Waals surface area contributed by atoms with Crippen LogP contribution in [-0.2, 0) is 9.53 Å². The molecule has 8 heteroatoms. The lowest BCUT2D eigenvalue weighted by molar-refractivity contribution is -0.145. The van der Waals surface area contributed by atoms with Crippen molar-refractivity contribution >= 4 is 11.9 Å². The second kappa shape index (κ2) is 6.48. The molecule has 130 valence electrons. The summed E-state index contributed by atoms with van der Waals surface area (Å²) < 4.78 is 11.8. The van der Waals surface area contributed by atoms with Gasteiger partial charge in [-0.1, -0.05) is 5.16 Å². The Hall–Kier alpha value is -2.61. The minimum Gasteiger partial charge on any atom is -0.479 e. The fraction of sp³-hybridized carbons (Fsp3) is 0.438. The van der Waals surface area contributed by atoms with Crippen LogP contribution < -0.4 is 5.32 Å². The first-order chi connectivity index (χ1) is 11.2. The summed E-state index contributed by atoms with van der Waals surface area (Å²) in [6.07, 6.45) is 0. The zero-order chi connectivity index (χ0) is 18.1. The number of aliphatic carboxylic acids is 1. The number of carbonyl (C=O) groups excluding carboxylic acids is 1. The third kappa shape index (κ3) is 3.18. The largest absolute Gasteiger partial charge is 0.479 e. The molecule has 2 heterocycles. The lowest BCUT2D eigenvalue weighted by Gasteiger charge is -2.25. The second-order valence-electron chi connectivity index (χ2n) is 5.94. The Bertz CT molecular complexity index is 777. The average molecular weight is 335 g/mol. The van der Waals surface area contributed by atoms with Crippen molar-refractivity contribution in [2.24, 2.45) is 0 Å². The number of carboxylic acid groups (broad SMARTS) is 1. The highest BCUT2D eigenvalue weighted by Gasteiger charge is 2.36. The SMILES string of the molecule is COCC(C)(NC(=O)c1cc(C)n(-c2cc(C)on2)c1C)C(=O)O. The number of nitrogens with one attached hydrogen (secondary N) is 1. The number of rotatable bonds is 6. The summed E-state index contributed by atoms with van der Waals surface area (Å²) in [5, 5.41) is 15.8. The zero-order valence-corrected chi connectivity index (χ0v) is 14.3. The number of carboxylic acids is 1. The van der Waals surface area contributed by atoms with Crippen molar-refractivity contribution in [1.82, 2.24) is 15.0 Å². The minimum absolute atomic E-state index is 0.144. The molecule has 0 spiro atoms. The molecule has 0 aliphatic heterocycles. The van der Waals surface area contributed by atoms with Crippen molar-refractivity contribution in [1.29, 1.82) is 0 Å². The molecule has 0 saturated carbocycles. The van der Waals surface area contributed by atoms with Crippen molar-refractivity contribution in [2.75, 3.05) is 13.7 Å². The van der Waals surface area contributed by atoms with Crippen LogP contribution in [0.5, 0.6) is 0 Å². The van der Waals surface area contributed by atoms with Crippen molar-refractivity contribution in [3.05, 3.63) is 34.8 Å². The summed E-state index contributed by atoms with van der Waals surface area (Å²) in [6.45, 7) is 6.63. The van der Waals surface area contributed by atoms with Crippen molar-refractivity contribution < 1.29 is 24.0 Å². The van der Waals surface area contributed by atoms with Gasteiger partial charge in [-0.15, -0.1) is 0 Å². The molecule has 0 aliphatic rings. The van der Waals surface area contributed by atoms with E-state index in [1.807, 2.05) is 6.92 Å². The molecule has 2 N–H and O–H groups in total. The number of methoxy groups -OCH3 is 1. The van der Waals surface area contributed by atoms with Gasteiger partial charge in [-0.2, -0.15) is 0 Å². The molecule has 1 amide bonds. The Labute approximate surface area is 139 Å². The molecule has 8 nitrogen and oxygen atoms in total. The molecule has 0 saturated heterocycles.